The third kappa shape index (κ3) is 1.27. The first-order valence-corrected chi connectivity index (χ1v) is 5.30. The van der Waals surface area contributed by atoms with E-state index in [9.17, 15) is 5.11 Å². The van der Waals surface area contributed by atoms with Crippen molar-refractivity contribution in [2.75, 3.05) is 0 Å². The van der Waals surface area contributed by atoms with Crippen LogP contribution in [0.3, 0.4) is 0 Å². The van der Waals surface area contributed by atoms with Crippen LogP contribution in [0.2, 0.25) is 0 Å². The van der Waals surface area contributed by atoms with Crippen molar-refractivity contribution in [2.45, 2.75) is 32.3 Å². The van der Waals surface area contributed by atoms with Crippen LogP contribution in [0.5, 0.6) is 0 Å². The Kier molecular flexibility index (Phi) is 2.14. The molecule has 1 aliphatic rings. The standard InChI is InChI=1S/C11H18N2O/c1-4-11(14,9-7-8(9)2)10-5-6-12-13(10)3/h5-6,8-9,14H,4,7H2,1-3H3. The van der Waals surface area contributed by atoms with Crippen LogP contribution in [0.15, 0.2) is 12.3 Å². The van der Waals surface area contributed by atoms with E-state index in [1.54, 1.807) is 10.9 Å². The molecule has 0 amide bonds. The SMILES string of the molecule is CCC(O)(c1ccnn1C)C1CC1C. The first-order chi connectivity index (χ1) is 6.59. The van der Waals surface area contributed by atoms with E-state index in [2.05, 4.69) is 12.0 Å². The molecule has 14 heavy (non-hydrogen) atoms. The van der Waals surface area contributed by atoms with Gasteiger partial charge in [-0.25, -0.2) is 0 Å². The van der Waals surface area contributed by atoms with Crippen LogP contribution in [-0.4, -0.2) is 14.9 Å². The van der Waals surface area contributed by atoms with E-state index in [0.717, 1.165) is 18.5 Å². The summed E-state index contributed by atoms with van der Waals surface area (Å²) in [5.74, 6) is 1.07. The molecule has 1 heterocycles. The number of rotatable bonds is 3. The van der Waals surface area contributed by atoms with Gasteiger partial charge >= 0.3 is 0 Å². The predicted octanol–water partition coefficient (Wildman–Crippen LogP) is 1.67. The highest BCUT2D eigenvalue weighted by atomic mass is 16.3. The van der Waals surface area contributed by atoms with Gasteiger partial charge in [0.1, 0.15) is 5.60 Å². The maximum atomic E-state index is 10.6. The molecule has 1 aromatic heterocycles. The van der Waals surface area contributed by atoms with Crippen molar-refractivity contribution in [1.82, 2.24) is 9.78 Å². The Morgan fingerprint density at radius 2 is 2.36 bits per heavy atom. The molecule has 0 saturated heterocycles. The Labute approximate surface area is 84.7 Å². The molecule has 1 aromatic rings. The summed E-state index contributed by atoms with van der Waals surface area (Å²) < 4.78 is 1.79. The molecule has 1 saturated carbocycles. The van der Waals surface area contributed by atoms with E-state index in [-0.39, 0.29) is 0 Å². The summed E-state index contributed by atoms with van der Waals surface area (Å²) in [6.45, 7) is 4.24. The minimum atomic E-state index is -0.662. The van der Waals surface area contributed by atoms with E-state index >= 15 is 0 Å². The van der Waals surface area contributed by atoms with E-state index < -0.39 is 5.60 Å². The van der Waals surface area contributed by atoms with E-state index in [1.807, 2.05) is 20.0 Å². The third-order valence-corrected chi connectivity index (χ3v) is 3.53. The molecule has 3 heteroatoms. The summed E-state index contributed by atoms with van der Waals surface area (Å²) in [7, 11) is 1.89. The molecule has 0 bridgehead atoms. The highest BCUT2D eigenvalue weighted by molar-refractivity contribution is 5.17. The number of aliphatic hydroxyl groups is 1. The molecule has 0 radical (unpaired) electrons. The second kappa shape index (κ2) is 3.09. The maximum Gasteiger partial charge on any atom is 0.109 e. The molecule has 1 aliphatic carbocycles. The molecule has 0 aromatic carbocycles. The normalized spacial score (nSPS) is 30.0. The van der Waals surface area contributed by atoms with Crippen molar-refractivity contribution >= 4 is 0 Å². The number of aryl methyl sites for hydroxylation is 1. The summed E-state index contributed by atoms with van der Waals surface area (Å²) in [4.78, 5) is 0. The minimum Gasteiger partial charge on any atom is -0.383 e. The molecule has 3 atom stereocenters. The highest BCUT2D eigenvalue weighted by Gasteiger charge is 2.50. The van der Waals surface area contributed by atoms with Gasteiger partial charge in [0.2, 0.25) is 0 Å². The topological polar surface area (TPSA) is 38.1 Å². The zero-order valence-corrected chi connectivity index (χ0v) is 9.07. The van der Waals surface area contributed by atoms with Gasteiger partial charge in [-0.15, -0.1) is 0 Å². The fourth-order valence-corrected chi connectivity index (χ4v) is 2.42. The summed E-state index contributed by atoms with van der Waals surface area (Å²) in [6.07, 6.45) is 3.65. The number of hydrogen-bond donors (Lipinski definition) is 1. The Bertz CT molecular complexity index is 334. The number of aromatic nitrogens is 2. The van der Waals surface area contributed by atoms with E-state index in [0.29, 0.717) is 11.8 Å². The van der Waals surface area contributed by atoms with Gasteiger partial charge in [-0.1, -0.05) is 13.8 Å². The molecule has 2 rings (SSSR count). The summed E-state index contributed by atoms with van der Waals surface area (Å²) in [6, 6.07) is 1.93. The van der Waals surface area contributed by atoms with Crippen LogP contribution in [-0.2, 0) is 12.6 Å². The van der Waals surface area contributed by atoms with Crippen LogP contribution in [0, 0.1) is 11.8 Å². The number of hydrogen-bond acceptors (Lipinski definition) is 2. The van der Waals surface area contributed by atoms with E-state index in [4.69, 9.17) is 0 Å². The second-order valence-electron chi connectivity index (χ2n) is 4.44. The lowest BCUT2D eigenvalue weighted by atomic mass is 9.89. The van der Waals surface area contributed by atoms with Crippen molar-refractivity contribution in [3.63, 3.8) is 0 Å². The Morgan fingerprint density at radius 3 is 2.71 bits per heavy atom. The lowest BCUT2D eigenvalue weighted by molar-refractivity contribution is -0.00330. The maximum absolute atomic E-state index is 10.6. The highest BCUT2D eigenvalue weighted by Crippen LogP contribution is 2.51. The van der Waals surface area contributed by atoms with Crippen LogP contribution in [0.25, 0.3) is 0 Å². The summed E-state index contributed by atoms with van der Waals surface area (Å²) >= 11 is 0. The van der Waals surface area contributed by atoms with Crippen molar-refractivity contribution in [3.8, 4) is 0 Å². The molecular weight excluding hydrogens is 176 g/mol. The Balaban J connectivity index is 2.33. The van der Waals surface area contributed by atoms with Gasteiger partial charge in [-0.3, -0.25) is 4.68 Å². The average Bonchev–Trinajstić information content (AvgIpc) is 2.74. The zero-order chi connectivity index (χ0) is 10.3. The lowest BCUT2D eigenvalue weighted by Gasteiger charge is -2.27. The fraction of sp³-hybridized carbons (Fsp3) is 0.727. The van der Waals surface area contributed by atoms with Crippen molar-refractivity contribution in [2.24, 2.45) is 18.9 Å². The largest absolute Gasteiger partial charge is 0.383 e. The van der Waals surface area contributed by atoms with Gasteiger partial charge in [0.05, 0.1) is 5.69 Å². The fourth-order valence-electron chi connectivity index (χ4n) is 2.42. The summed E-state index contributed by atoms with van der Waals surface area (Å²) in [5, 5.41) is 14.7. The van der Waals surface area contributed by atoms with Crippen molar-refractivity contribution in [3.05, 3.63) is 18.0 Å². The summed E-state index contributed by atoms with van der Waals surface area (Å²) in [5.41, 5.74) is 0.291. The molecule has 3 nitrogen and oxygen atoms in total. The lowest BCUT2D eigenvalue weighted by Crippen LogP contribution is -2.30. The molecule has 0 aliphatic heterocycles. The van der Waals surface area contributed by atoms with Crippen molar-refractivity contribution in [1.29, 1.82) is 0 Å². The zero-order valence-electron chi connectivity index (χ0n) is 9.07. The van der Waals surface area contributed by atoms with Gasteiger partial charge in [0, 0.05) is 13.2 Å². The van der Waals surface area contributed by atoms with Gasteiger partial charge in [-0.2, -0.15) is 5.10 Å². The van der Waals surface area contributed by atoms with E-state index in [1.165, 1.54) is 0 Å². The van der Waals surface area contributed by atoms with Crippen LogP contribution in [0.1, 0.15) is 32.4 Å². The average molecular weight is 194 g/mol. The van der Waals surface area contributed by atoms with Gasteiger partial charge in [0.15, 0.2) is 0 Å². The van der Waals surface area contributed by atoms with Gasteiger partial charge in [0.25, 0.3) is 0 Å². The van der Waals surface area contributed by atoms with Crippen LogP contribution < -0.4 is 0 Å². The quantitative estimate of drug-likeness (QED) is 0.795. The van der Waals surface area contributed by atoms with Crippen LogP contribution >= 0.6 is 0 Å². The van der Waals surface area contributed by atoms with Gasteiger partial charge in [-0.05, 0) is 30.7 Å². The molecular formula is C11H18N2O. The molecule has 0 spiro atoms. The molecule has 1 N–H and O–H groups in total. The Morgan fingerprint density at radius 1 is 1.71 bits per heavy atom. The first kappa shape index (κ1) is 9.71. The smallest absolute Gasteiger partial charge is 0.109 e. The Hall–Kier alpha value is -0.830. The third-order valence-electron chi connectivity index (χ3n) is 3.53. The minimum absolute atomic E-state index is 0.419. The molecule has 3 unspecified atom stereocenters. The second-order valence-corrected chi connectivity index (χ2v) is 4.44. The first-order valence-electron chi connectivity index (χ1n) is 5.30. The van der Waals surface area contributed by atoms with Crippen LogP contribution in [0.4, 0.5) is 0 Å². The molecule has 78 valence electrons. The predicted molar refractivity (Wildman–Crippen MR) is 54.7 cm³/mol. The number of nitrogens with zero attached hydrogens (tertiary/aromatic N) is 2. The van der Waals surface area contributed by atoms with Gasteiger partial charge < -0.3 is 5.11 Å². The van der Waals surface area contributed by atoms with Crippen molar-refractivity contribution < 1.29 is 5.11 Å². The monoisotopic (exact) mass is 194 g/mol. The molecule has 1 fully saturated rings.